The Morgan fingerprint density at radius 2 is 1.96 bits per heavy atom. The summed E-state index contributed by atoms with van der Waals surface area (Å²) < 4.78 is 12.6. The van der Waals surface area contributed by atoms with E-state index in [1.807, 2.05) is 13.0 Å². The number of amides is 1. The van der Waals surface area contributed by atoms with Crippen LogP contribution in [0.25, 0.3) is 6.08 Å². The van der Waals surface area contributed by atoms with Crippen molar-refractivity contribution in [2.45, 2.75) is 6.92 Å². The number of aromatic nitrogens is 1. The molecule has 2 heterocycles. The van der Waals surface area contributed by atoms with Gasteiger partial charge in [0.05, 0.1) is 0 Å². The predicted octanol–water partition coefficient (Wildman–Crippen LogP) is 2.52. The molecule has 130 valence electrons. The van der Waals surface area contributed by atoms with Gasteiger partial charge in [0, 0.05) is 24.5 Å². The third-order valence-electron chi connectivity index (χ3n) is 4.15. The van der Waals surface area contributed by atoms with E-state index in [1.54, 1.807) is 35.9 Å². The maximum absolute atomic E-state index is 12.4. The van der Waals surface area contributed by atoms with Crippen molar-refractivity contribution in [1.29, 1.82) is 10.5 Å². The van der Waals surface area contributed by atoms with Crippen LogP contribution >= 0.6 is 0 Å². The van der Waals surface area contributed by atoms with Crippen LogP contribution < -0.4 is 14.8 Å². The summed E-state index contributed by atoms with van der Waals surface area (Å²) in [5.74, 6) is 0.634. The molecule has 7 nitrogen and oxygen atoms in total. The number of rotatable bonds is 3. The summed E-state index contributed by atoms with van der Waals surface area (Å²) in [6, 6.07) is 10.7. The molecule has 1 N–H and O–H groups in total. The quantitative estimate of drug-likeness (QED) is 0.678. The number of carbonyl (C=O) groups is 1. The molecule has 0 fully saturated rings. The normalized spacial score (nSPS) is 12.8. The summed E-state index contributed by atoms with van der Waals surface area (Å²) in [6.45, 7) is 2.75. The van der Waals surface area contributed by atoms with E-state index in [4.69, 9.17) is 14.7 Å². The molecule has 1 aromatic carbocycles. The average Bonchev–Trinajstić information content (AvgIpc) is 2.93. The molecule has 0 bridgehead atoms. The molecule has 0 aliphatic carbocycles. The predicted molar refractivity (Wildman–Crippen MR) is 94.5 cm³/mol. The van der Waals surface area contributed by atoms with E-state index in [2.05, 4.69) is 11.4 Å². The van der Waals surface area contributed by atoms with Gasteiger partial charge >= 0.3 is 0 Å². The van der Waals surface area contributed by atoms with Crippen LogP contribution in [0, 0.1) is 29.6 Å². The number of hydrogen-bond acceptors (Lipinski definition) is 5. The molecule has 1 aromatic heterocycles. The highest BCUT2D eigenvalue weighted by molar-refractivity contribution is 6.09. The van der Waals surface area contributed by atoms with Gasteiger partial charge in [-0.2, -0.15) is 10.5 Å². The third-order valence-corrected chi connectivity index (χ3v) is 4.15. The highest BCUT2D eigenvalue weighted by Gasteiger charge is 2.16. The first-order chi connectivity index (χ1) is 12.5. The smallest absolute Gasteiger partial charge is 0.266 e. The molecule has 0 saturated carbocycles. The van der Waals surface area contributed by atoms with Crippen molar-refractivity contribution in [1.82, 2.24) is 4.57 Å². The Labute approximate surface area is 150 Å². The van der Waals surface area contributed by atoms with Gasteiger partial charge in [-0.25, -0.2) is 0 Å². The summed E-state index contributed by atoms with van der Waals surface area (Å²) in [5, 5.41) is 21.1. The number of anilines is 1. The van der Waals surface area contributed by atoms with Crippen molar-refractivity contribution >= 4 is 17.7 Å². The van der Waals surface area contributed by atoms with Gasteiger partial charge in [0.25, 0.3) is 5.91 Å². The fraction of sp³-hybridized carbons (Fsp3) is 0.211. The Morgan fingerprint density at radius 3 is 2.62 bits per heavy atom. The van der Waals surface area contributed by atoms with Crippen LogP contribution in [0.5, 0.6) is 11.5 Å². The zero-order chi connectivity index (χ0) is 18.7. The number of ether oxygens (including phenoxy) is 2. The van der Waals surface area contributed by atoms with Crippen LogP contribution in [0.15, 0.2) is 29.8 Å². The van der Waals surface area contributed by atoms with Gasteiger partial charge in [-0.1, -0.05) is 0 Å². The van der Waals surface area contributed by atoms with Crippen LogP contribution in [-0.2, 0) is 11.8 Å². The first kappa shape index (κ1) is 17.1. The molecular weight excluding hydrogens is 332 g/mol. The van der Waals surface area contributed by atoms with Crippen molar-refractivity contribution in [2.75, 3.05) is 18.5 Å². The summed E-state index contributed by atoms with van der Waals surface area (Å²) in [7, 11) is 1.76. The molecule has 0 atom stereocenters. The lowest BCUT2D eigenvalue weighted by molar-refractivity contribution is -0.112. The molecular formula is C19H16N4O3. The van der Waals surface area contributed by atoms with E-state index >= 15 is 0 Å². The molecule has 0 radical (unpaired) electrons. The summed E-state index contributed by atoms with van der Waals surface area (Å²) >= 11 is 0. The first-order valence-electron chi connectivity index (χ1n) is 7.92. The standard InChI is InChI=1S/C19H16N4O3/c1-12-13(8-16(11-21)23(12)2)7-14(10-20)19(24)22-15-3-4-17-18(9-15)26-6-5-25-17/h3-4,7-9H,5-6H2,1-2H3,(H,22,24)/b14-7+. The summed E-state index contributed by atoms with van der Waals surface area (Å²) in [6.07, 6.45) is 1.48. The number of benzene rings is 1. The second-order valence-corrected chi connectivity index (χ2v) is 5.72. The van der Waals surface area contributed by atoms with Gasteiger partial charge in [-0.05, 0) is 36.8 Å². The minimum atomic E-state index is -0.536. The Kier molecular flexibility index (Phi) is 4.64. The van der Waals surface area contributed by atoms with Gasteiger partial charge in [-0.3, -0.25) is 4.79 Å². The molecule has 1 aliphatic rings. The molecule has 26 heavy (non-hydrogen) atoms. The minimum absolute atomic E-state index is 0.0573. The highest BCUT2D eigenvalue weighted by Crippen LogP contribution is 2.32. The molecule has 3 rings (SSSR count). The monoisotopic (exact) mass is 348 g/mol. The highest BCUT2D eigenvalue weighted by atomic mass is 16.6. The van der Waals surface area contributed by atoms with Crippen molar-refractivity contribution < 1.29 is 14.3 Å². The number of hydrogen-bond donors (Lipinski definition) is 1. The first-order valence-corrected chi connectivity index (χ1v) is 7.92. The largest absolute Gasteiger partial charge is 0.486 e. The second-order valence-electron chi connectivity index (χ2n) is 5.72. The lowest BCUT2D eigenvalue weighted by Crippen LogP contribution is -2.17. The fourth-order valence-corrected chi connectivity index (χ4v) is 2.60. The van der Waals surface area contributed by atoms with Crippen molar-refractivity contribution in [3.63, 3.8) is 0 Å². The topological polar surface area (TPSA) is 100 Å². The lowest BCUT2D eigenvalue weighted by Gasteiger charge is -2.18. The maximum Gasteiger partial charge on any atom is 0.266 e. The Hall–Kier alpha value is -3.71. The van der Waals surface area contributed by atoms with Crippen LogP contribution in [0.3, 0.4) is 0 Å². The Morgan fingerprint density at radius 1 is 1.23 bits per heavy atom. The van der Waals surface area contributed by atoms with E-state index in [-0.39, 0.29) is 5.57 Å². The van der Waals surface area contributed by atoms with Crippen molar-refractivity contribution in [3.8, 4) is 23.6 Å². The number of fused-ring (bicyclic) bond motifs is 1. The van der Waals surface area contributed by atoms with Gasteiger partial charge in [0.1, 0.15) is 36.6 Å². The fourth-order valence-electron chi connectivity index (χ4n) is 2.60. The van der Waals surface area contributed by atoms with E-state index < -0.39 is 5.91 Å². The Bertz CT molecular complexity index is 989. The third kappa shape index (κ3) is 3.24. The molecule has 0 spiro atoms. The average molecular weight is 348 g/mol. The van der Waals surface area contributed by atoms with Crippen molar-refractivity contribution in [2.24, 2.45) is 7.05 Å². The summed E-state index contributed by atoms with van der Waals surface area (Å²) in [4.78, 5) is 12.4. The Balaban J connectivity index is 1.84. The summed E-state index contributed by atoms with van der Waals surface area (Å²) in [5.41, 5.74) is 2.35. The van der Waals surface area contributed by atoms with Crippen LogP contribution in [-0.4, -0.2) is 23.7 Å². The maximum atomic E-state index is 12.4. The van der Waals surface area contributed by atoms with Gasteiger partial charge in [0.2, 0.25) is 0 Å². The van der Waals surface area contributed by atoms with Gasteiger partial charge in [0.15, 0.2) is 11.5 Å². The van der Waals surface area contributed by atoms with E-state index in [1.165, 1.54) is 6.08 Å². The van der Waals surface area contributed by atoms with Crippen LogP contribution in [0.2, 0.25) is 0 Å². The van der Waals surface area contributed by atoms with Crippen LogP contribution in [0.4, 0.5) is 5.69 Å². The number of nitriles is 2. The van der Waals surface area contributed by atoms with E-state index in [0.29, 0.717) is 41.7 Å². The molecule has 7 heteroatoms. The van der Waals surface area contributed by atoms with Gasteiger partial charge in [-0.15, -0.1) is 0 Å². The van der Waals surface area contributed by atoms with Crippen LogP contribution in [0.1, 0.15) is 17.0 Å². The van der Waals surface area contributed by atoms with Crippen molar-refractivity contribution in [3.05, 3.63) is 46.8 Å². The lowest BCUT2D eigenvalue weighted by atomic mass is 10.1. The number of carbonyl (C=O) groups excluding carboxylic acids is 1. The molecule has 1 amide bonds. The zero-order valence-electron chi connectivity index (χ0n) is 14.4. The second kappa shape index (κ2) is 7.04. The number of nitrogens with one attached hydrogen (secondary N) is 1. The molecule has 0 unspecified atom stereocenters. The molecule has 2 aromatic rings. The molecule has 1 aliphatic heterocycles. The molecule has 0 saturated heterocycles. The number of nitrogens with zero attached hydrogens (tertiary/aromatic N) is 3. The minimum Gasteiger partial charge on any atom is -0.486 e. The van der Waals surface area contributed by atoms with Gasteiger partial charge < -0.3 is 19.4 Å². The SMILES string of the molecule is Cc1c(/C=C(\C#N)C(=O)Nc2ccc3c(c2)OCCO3)cc(C#N)n1C. The zero-order valence-corrected chi connectivity index (χ0v) is 14.4. The van der Waals surface area contributed by atoms with E-state index in [9.17, 15) is 10.1 Å². The van der Waals surface area contributed by atoms with E-state index in [0.717, 1.165) is 5.69 Å².